The molecule has 0 saturated carbocycles. The average Bonchev–Trinajstić information content (AvgIpc) is 1.97. The molecule has 0 radical (unpaired) electrons. The molecule has 0 spiro atoms. The van der Waals surface area contributed by atoms with Crippen molar-refractivity contribution in [1.29, 1.82) is 0 Å². The predicted molar refractivity (Wildman–Crippen MR) is 45.5 cm³/mol. The lowest BCUT2D eigenvalue weighted by Crippen LogP contribution is -1.97. The molecule has 2 heteroatoms. The van der Waals surface area contributed by atoms with Gasteiger partial charge in [0.2, 0.25) is 0 Å². The van der Waals surface area contributed by atoms with E-state index in [-0.39, 0.29) is 0 Å². The number of nitrogens with two attached hydrogens (primary N) is 2. The highest BCUT2D eigenvalue weighted by Gasteiger charge is 1.85. The smallest absolute Gasteiger partial charge is 0.00773 e. The van der Waals surface area contributed by atoms with Crippen molar-refractivity contribution in [3.8, 4) is 0 Å². The van der Waals surface area contributed by atoms with Crippen LogP contribution in [0.5, 0.6) is 0 Å². The molecular weight excluding hydrogens is 124 g/mol. The summed E-state index contributed by atoms with van der Waals surface area (Å²) in [6.07, 6.45) is 9.67. The van der Waals surface area contributed by atoms with Crippen LogP contribution in [-0.4, -0.2) is 6.54 Å². The van der Waals surface area contributed by atoms with Gasteiger partial charge in [-0.05, 0) is 32.0 Å². The van der Waals surface area contributed by atoms with E-state index >= 15 is 0 Å². The molecule has 0 aliphatic rings. The zero-order chi connectivity index (χ0) is 7.66. The summed E-state index contributed by atoms with van der Waals surface area (Å²) in [7, 11) is 0. The van der Waals surface area contributed by atoms with Crippen molar-refractivity contribution in [3.05, 3.63) is 12.3 Å². The number of rotatable bonds is 6. The third kappa shape index (κ3) is 7.50. The van der Waals surface area contributed by atoms with Gasteiger partial charge in [-0.3, -0.25) is 0 Å². The highest BCUT2D eigenvalue weighted by Crippen LogP contribution is 2.01. The molecule has 0 aliphatic heterocycles. The third-order valence-corrected chi connectivity index (χ3v) is 1.46. The quantitative estimate of drug-likeness (QED) is 0.550. The first-order valence-corrected chi connectivity index (χ1v) is 3.98. The van der Waals surface area contributed by atoms with E-state index < -0.39 is 0 Å². The monoisotopic (exact) mass is 142 g/mol. The summed E-state index contributed by atoms with van der Waals surface area (Å²) in [4.78, 5) is 0. The van der Waals surface area contributed by atoms with Crippen molar-refractivity contribution in [2.24, 2.45) is 11.5 Å². The molecule has 60 valence electrons. The van der Waals surface area contributed by atoms with Crippen LogP contribution in [0.3, 0.4) is 0 Å². The summed E-state index contributed by atoms with van der Waals surface area (Å²) in [5, 5.41) is 0. The van der Waals surface area contributed by atoms with Gasteiger partial charge in [-0.25, -0.2) is 0 Å². The first-order chi connectivity index (χ1) is 4.91. The highest BCUT2D eigenvalue weighted by molar-refractivity contribution is 4.74. The minimum atomic E-state index is 0.826. The first kappa shape index (κ1) is 9.50. The molecule has 0 aromatic carbocycles. The molecule has 0 aromatic rings. The van der Waals surface area contributed by atoms with Crippen LogP contribution in [0.1, 0.15) is 32.1 Å². The van der Waals surface area contributed by atoms with Gasteiger partial charge in [0.05, 0.1) is 0 Å². The molecule has 2 nitrogen and oxygen atoms in total. The fourth-order valence-electron chi connectivity index (χ4n) is 0.856. The minimum Gasteiger partial charge on any atom is -0.405 e. The molecule has 10 heavy (non-hydrogen) atoms. The van der Waals surface area contributed by atoms with Crippen molar-refractivity contribution < 1.29 is 0 Å². The fraction of sp³-hybridized carbons (Fsp3) is 0.750. The van der Waals surface area contributed by atoms with E-state index in [1.54, 1.807) is 6.20 Å². The predicted octanol–water partition coefficient (Wildman–Crippen LogP) is 1.37. The van der Waals surface area contributed by atoms with E-state index in [2.05, 4.69) is 0 Å². The van der Waals surface area contributed by atoms with Crippen molar-refractivity contribution in [2.75, 3.05) is 6.54 Å². The van der Waals surface area contributed by atoms with E-state index in [9.17, 15) is 0 Å². The van der Waals surface area contributed by atoms with Crippen LogP contribution in [0.25, 0.3) is 0 Å². The molecule has 0 aromatic heterocycles. The molecule has 0 bridgehead atoms. The van der Waals surface area contributed by atoms with Crippen LogP contribution in [0, 0.1) is 0 Å². The zero-order valence-corrected chi connectivity index (χ0v) is 6.55. The van der Waals surface area contributed by atoms with Crippen molar-refractivity contribution in [1.82, 2.24) is 0 Å². The molecule has 0 unspecified atom stereocenters. The molecule has 0 aliphatic carbocycles. The molecule has 0 fully saturated rings. The lowest BCUT2D eigenvalue weighted by molar-refractivity contribution is 0.652. The average molecular weight is 142 g/mol. The highest BCUT2D eigenvalue weighted by atomic mass is 14.5. The fourth-order valence-corrected chi connectivity index (χ4v) is 0.856. The first-order valence-electron chi connectivity index (χ1n) is 3.98. The topological polar surface area (TPSA) is 52.0 Å². The minimum absolute atomic E-state index is 0.826. The van der Waals surface area contributed by atoms with Gasteiger partial charge in [0.25, 0.3) is 0 Å². The van der Waals surface area contributed by atoms with E-state index in [1.165, 1.54) is 19.3 Å². The maximum Gasteiger partial charge on any atom is -0.00773 e. The molecule has 4 N–H and O–H groups in total. The Hall–Kier alpha value is -0.500. The lowest BCUT2D eigenvalue weighted by Gasteiger charge is -1.95. The van der Waals surface area contributed by atoms with E-state index in [4.69, 9.17) is 11.5 Å². The summed E-state index contributed by atoms with van der Waals surface area (Å²) in [6.45, 7) is 0.826. The summed E-state index contributed by atoms with van der Waals surface area (Å²) >= 11 is 0. The second-order valence-electron chi connectivity index (χ2n) is 2.42. The molecule has 0 saturated heterocycles. The second-order valence-corrected chi connectivity index (χ2v) is 2.42. The standard InChI is InChI=1S/C8H18N2/c9-7-5-3-1-2-4-6-8-10/h5,7H,1-4,6,8-10H2/b7-5+. The Bertz CT molecular complexity index is 79.3. The Morgan fingerprint density at radius 1 is 1.00 bits per heavy atom. The van der Waals surface area contributed by atoms with Crippen LogP contribution in [-0.2, 0) is 0 Å². The number of unbranched alkanes of at least 4 members (excludes halogenated alkanes) is 4. The zero-order valence-electron chi connectivity index (χ0n) is 6.55. The van der Waals surface area contributed by atoms with Gasteiger partial charge >= 0.3 is 0 Å². The van der Waals surface area contributed by atoms with Gasteiger partial charge in [-0.15, -0.1) is 0 Å². The second kappa shape index (κ2) is 8.50. The van der Waals surface area contributed by atoms with Crippen molar-refractivity contribution >= 4 is 0 Å². The summed E-state index contributed by atoms with van der Waals surface area (Å²) in [6, 6.07) is 0. The summed E-state index contributed by atoms with van der Waals surface area (Å²) in [5.41, 5.74) is 10.5. The van der Waals surface area contributed by atoms with Crippen LogP contribution in [0.15, 0.2) is 12.3 Å². The van der Waals surface area contributed by atoms with Gasteiger partial charge in [-0.1, -0.05) is 18.9 Å². The van der Waals surface area contributed by atoms with Crippen LogP contribution >= 0.6 is 0 Å². The SMILES string of the molecule is N/C=C/CCCCCCN. The van der Waals surface area contributed by atoms with Gasteiger partial charge < -0.3 is 11.5 Å². The van der Waals surface area contributed by atoms with Gasteiger partial charge in [0.15, 0.2) is 0 Å². The Morgan fingerprint density at radius 2 is 1.70 bits per heavy atom. The molecule has 0 amide bonds. The summed E-state index contributed by atoms with van der Waals surface area (Å²) in [5.74, 6) is 0. The largest absolute Gasteiger partial charge is 0.405 e. The molecule has 0 atom stereocenters. The van der Waals surface area contributed by atoms with Crippen LogP contribution < -0.4 is 11.5 Å². The molecular formula is C8H18N2. The van der Waals surface area contributed by atoms with Gasteiger partial charge in [0.1, 0.15) is 0 Å². The molecule has 0 heterocycles. The van der Waals surface area contributed by atoms with Crippen LogP contribution in [0.4, 0.5) is 0 Å². The van der Waals surface area contributed by atoms with E-state index in [0.29, 0.717) is 0 Å². The van der Waals surface area contributed by atoms with Gasteiger partial charge in [-0.2, -0.15) is 0 Å². The number of allylic oxidation sites excluding steroid dienone is 1. The van der Waals surface area contributed by atoms with Crippen molar-refractivity contribution in [3.63, 3.8) is 0 Å². The van der Waals surface area contributed by atoms with Crippen LogP contribution in [0.2, 0.25) is 0 Å². The maximum absolute atomic E-state index is 5.34. The Labute approximate surface area is 63.3 Å². The molecule has 0 rings (SSSR count). The van der Waals surface area contributed by atoms with E-state index in [0.717, 1.165) is 19.4 Å². The van der Waals surface area contributed by atoms with Gasteiger partial charge in [0, 0.05) is 0 Å². The maximum atomic E-state index is 5.34. The number of hydrogen-bond acceptors (Lipinski definition) is 2. The Balaban J connectivity index is 2.77. The Morgan fingerprint density at radius 3 is 2.30 bits per heavy atom. The van der Waals surface area contributed by atoms with E-state index in [1.807, 2.05) is 6.08 Å². The lowest BCUT2D eigenvalue weighted by atomic mass is 10.1. The summed E-state index contributed by atoms with van der Waals surface area (Å²) < 4.78 is 0. The Kier molecular flexibility index (Phi) is 8.07. The number of hydrogen-bond donors (Lipinski definition) is 2. The normalized spacial score (nSPS) is 10.9. The van der Waals surface area contributed by atoms with Crippen molar-refractivity contribution in [2.45, 2.75) is 32.1 Å². The third-order valence-electron chi connectivity index (χ3n) is 1.46.